The van der Waals surface area contributed by atoms with Crippen LogP contribution in [0, 0.1) is 0 Å². The van der Waals surface area contributed by atoms with Gasteiger partial charge in [-0.05, 0) is 24.1 Å². The predicted octanol–water partition coefficient (Wildman–Crippen LogP) is 1.91. The second kappa shape index (κ2) is 3.14. The molecule has 80 valence electrons. The molecular formula is C15H10N2. The molecule has 2 aromatic rings. The van der Waals surface area contributed by atoms with Crippen LogP contribution in [0.25, 0.3) is 17.2 Å². The van der Waals surface area contributed by atoms with Crippen molar-refractivity contribution >= 4 is 11.8 Å². The fourth-order valence-electron chi connectivity index (χ4n) is 2.55. The molecule has 0 fully saturated rings. The molecular weight excluding hydrogens is 208 g/mol. The Morgan fingerprint density at radius 1 is 1.12 bits per heavy atom. The summed E-state index contributed by atoms with van der Waals surface area (Å²) in [5.41, 5.74) is 4.88. The van der Waals surface area contributed by atoms with Crippen molar-refractivity contribution in [2.75, 3.05) is 0 Å². The summed E-state index contributed by atoms with van der Waals surface area (Å²) < 4.78 is 0. The van der Waals surface area contributed by atoms with Crippen molar-refractivity contribution in [1.29, 1.82) is 0 Å². The van der Waals surface area contributed by atoms with Gasteiger partial charge in [0.2, 0.25) is 0 Å². The molecule has 2 heterocycles. The molecule has 0 bridgehead atoms. The first-order valence-electron chi connectivity index (χ1n) is 5.76. The third kappa shape index (κ3) is 1.15. The van der Waals surface area contributed by atoms with Crippen molar-refractivity contribution in [3.05, 3.63) is 58.9 Å². The zero-order valence-electron chi connectivity index (χ0n) is 9.22. The van der Waals surface area contributed by atoms with Crippen LogP contribution >= 0.6 is 0 Å². The summed E-state index contributed by atoms with van der Waals surface area (Å²) in [6.07, 6.45) is 9.14. The Balaban J connectivity index is 2.16. The van der Waals surface area contributed by atoms with Gasteiger partial charge in [-0.25, -0.2) is 4.99 Å². The number of benzene rings is 1. The number of para-hydroxylation sites is 1. The predicted molar refractivity (Wildman–Crippen MR) is 67.4 cm³/mol. The molecule has 17 heavy (non-hydrogen) atoms. The van der Waals surface area contributed by atoms with Gasteiger partial charge in [0.05, 0.1) is 22.6 Å². The minimum atomic E-state index is 0.950. The van der Waals surface area contributed by atoms with E-state index in [4.69, 9.17) is 0 Å². The standard InChI is InChI=1S/C15H10N2/c1-3-7-12-10(5-1)15-11-6-2-4-8-13(11)17-14(15)9-16-12/h1-4,6-9H,5H2. The smallest absolute Gasteiger partial charge is 0.0902 e. The topological polar surface area (TPSA) is 25.2 Å². The van der Waals surface area contributed by atoms with Crippen LogP contribution in [0.2, 0.25) is 0 Å². The molecule has 2 nitrogen and oxygen atoms in total. The molecule has 0 unspecified atom stereocenters. The molecule has 0 atom stereocenters. The van der Waals surface area contributed by atoms with Crippen molar-refractivity contribution in [3.8, 4) is 11.1 Å². The number of hydrogen-bond donors (Lipinski definition) is 0. The van der Waals surface area contributed by atoms with E-state index in [1.54, 1.807) is 0 Å². The van der Waals surface area contributed by atoms with E-state index in [-0.39, 0.29) is 0 Å². The Kier molecular flexibility index (Phi) is 1.64. The molecule has 0 saturated heterocycles. The van der Waals surface area contributed by atoms with E-state index in [2.05, 4.69) is 46.4 Å². The molecule has 0 spiro atoms. The lowest BCUT2D eigenvalue weighted by Gasteiger charge is -2.08. The number of hydrogen-bond acceptors (Lipinski definition) is 2. The zero-order chi connectivity index (χ0) is 11.2. The normalized spacial score (nSPS) is 14.4. The first-order chi connectivity index (χ1) is 8.43. The molecule has 0 amide bonds. The summed E-state index contributed by atoms with van der Waals surface area (Å²) >= 11 is 0. The van der Waals surface area contributed by atoms with E-state index < -0.39 is 0 Å². The second-order valence-corrected chi connectivity index (χ2v) is 4.31. The first-order valence-corrected chi connectivity index (χ1v) is 5.76. The maximum Gasteiger partial charge on any atom is 0.0902 e. The maximum absolute atomic E-state index is 4.62. The van der Waals surface area contributed by atoms with Crippen LogP contribution in [-0.2, 0) is 6.42 Å². The van der Waals surface area contributed by atoms with Crippen molar-refractivity contribution in [3.63, 3.8) is 0 Å². The highest BCUT2D eigenvalue weighted by Crippen LogP contribution is 2.33. The highest BCUT2D eigenvalue weighted by Gasteiger charge is 2.18. The molecule has 0 saturated carbocycles. The van der Waals surface area contributed by atoms with Gasteiger partial charge in [0.1, 0.15) is 0 Å². The van der Waals surface area contributed by atoms with Crippen LogP contribution in [0.5, 0.6) is 0 Å². The SMILES string of the molecule is C1=CCc2c3c(cnc2=C1)=Nc1ccccc1-3. The Morgan fingerprint density at radius 3 is 3.06 bits per heavy atom. The lowest BCUT2D eigenvalue weighted by molar-refractivity contribution is 1.10. The van der Waals surface area contributed by atoms with E-state index in [0.29, 0.717) is 0 Å². The minimum absolute atomic E-state index is 0.950. The number of pyridine rings is 1. The molecule has 2 heteroatoms. The highest BCUT2D eigenvalue weighted by atomic mass is 14.8. The zero-order valence-corrected chi connectivity index (χ0v) is 9.22. The minimum Gasteiger partial charge on any atom is -0.254 e. The summed E-state index contributed by atoms with van der Waals surface area (Å²) in [6, 6.07) is 8.30. The van der Waals surface area contributed by atoms with Crippen LogP contribution < -0.4 is 10.7 Å². The van der Waals surface area contributed by atoms with Crippen molar-refractivity contribution in [1.82, 2.24) is 4.98 Å². The number of aromatic nitrogens is 1. The third-order valence-corrected chi connectivity index (χ3v) is 3.32. The van der Waals surface area contributed by atoms with E-state index in [1.165, 1.54) is 16.7 Å². The number of rotatable bonds is 0. The van der Waals surface area contributed by atoms with Crippen LogP contribution in [0.3, 0.4) is 0 Å². The average Bonchev–Trinajstić information content (AvgIpc) is 2.77. The fraction of sp³-hybridized carbons (Fsp3) is 0.0667. The molecule has 2 aliphatic rings. The van der Waals surface area contributed by atoms with Crippen LogP contribution in [0.4, 0.5) is 5.69 Å². The van der Waals surface area contributed by atoms with Gasteiger partial charge in [-0.2, -0.15) is 0 Å². The number of nitrogens with zero attached hydrogens (tertiary/aromatic N) is 2. The summed E-state index contributed by atoms with van der Waals surface area (Å²) in [5.74, 6) is 0. The quantitative estimate of drug-likeness (QED) is 0.566. The molecule has 0 radical (unpaired) electrons. The van der Waals surface area contributed by atoms with Gasteiger partial charge in [-0.3, -0.25) is 4.98 Å². The van der Waals surface area contributed by atoms with Gasteiger partial charge in [0.15, 0.2) is 0 Å². The van der Waals surface area contributed by atoms with E-state index in [0.717, 1.165) is 22.8 Å². The Morgan fingerprint density at radius 2 is 2.06 bits per heavy atom. The lowest BCUT2D eigenvalue weighted by Crippen LogP contribution is -2.22. The van der Waals surface area contributed by atoms with Gasteiger partial charge < -0.3 is 0 Å². The highest BCUT2D eigenvalue weighted by molar-refractivity contribution is 5.81. The van der Waals surface area contributed by atoms with E-state index >= 15 is 0 Å². The lowest BCUT2D eigenvalue weighted by atomic mass is 9.97. The van der Waals surface area contributed by atoms with Crippen molar-refractivity contribution in [2.24, 2.45) is 4.99 Å². The summed E-state index contributed by atoms with van der Waals surface area (Å²) in [4.78, 5) is 9.10. The van der Waals surface area contributed by atoms with E-state index in [9.17, 15) is 0 Å². The van der Waals surface area contributed by atoms with E-state index in [1.807, 2.05) is 12.3 Å². The molecule has 0 N–H and O–H groups in total. The molecule has 1 aromatic heterocycles. The Hall–Kier alpha value is -2.22. The summed E-state index contributed by atoms with van der Waals surface area (Å²) in [5, 5.41) is 2.09. The van der Waals surface area contributed by atoms with Crippen LogP contribution in [0.15, 0.2) is 47.6 Å². The number of fused-ring (bicyclic) bond motifs is 5. The average molecular weight is 218 g/mol. The molecule has 1 aliphatic carbocycles. The maximum atomic E-state index is 4.62. The molecule has 1 aromatic carbocycles. The Bertz CT molecular complexity index is 770. The second-order valence-electron chi connectivity index (χ2n) is 4.31. The summed E-state index contributed by atoms with van der Waals surface area (Å²) in [6.45, 7) is 0. The molecule has 4 rings (SSSR count). The van der Waals surface area contributed by atoms with Gasteiger partial charge in [0.25, 0.3) is 0 Å². The largest absolute Gasteiger partial charge is 0.254 e. The molecule has 1 aliphatic heterocycles. The number of allylic oxidation sites excluding steroid dienone is 2. The summed E-state index contributed by atoms with van der Waals surface area (Å²) in [7, 11) is 0. The van der Waals surface area contributed by atoms with Gasteiger partial charge in [-0.1, -0.05) is 30.4 Å². The van der Waals surface area contributed by atoms with Gasteiger partial charge in [-0.15, -0.1) is 0 Å². The first kappa shape index (κ1) is 8.88. The fourth-order valence-corrected chi connectivity index (χ4v) is 2.55. The Labute approximate surface area is 98.7 Å². The van der Waals surface area contributed by atoms with Crippen LogP contribution in [-0.4, -0.2) is 4.98 Å². The van der Waals surface area contributed by atoms with Crippen LogP contribution in [0.1, 0.15) is 5.56 Å². The van der Waals surface area contributed by atoms with Gasteiger partial charge >= 0.3 is 0 Å². The van der Waals surface area contributed by atoms with Crippen molar-refractivity contribution < 1.29 is 0 Å². The van der Waals surface area contributed by atoms with Gasteiger partial charge in [0, 0.05) is 11.1 Å². The monoisotopic (exact) mass is 218 g/mol. The van der Waals surface area contributed by atoms with Crippen molar-refractivity contribution in [2.45, 2.75) is 6.42 Å². The third-order valence-electron chi connectivity index (χ3n) is 3.32.